The van der Waals surface area contributed by atoms with Crippen molar-refractivity contribution in [1.29, 1.82) is 0 Å². The first kappa shape index (κ1) is 29.4. The van der Waals surface area contributed by atoms with Gasteiger partial charge in [-0.3, -0.25) is 19.2 Å². The molecule has 1 aliphatic heterocycles. The molecule has 0 aromatic heterocycles. The zero-order chi connectivity index (χ0) is 29.0. The number of likely N-dealkylation sites (tertiary alicyclic amines) is 1. The molecule has 11 heteroatoms. The van der Waals surface area contributed by atoms with E-state index in [4.69, 9.17) is 5.73 Å². The highest BCUT2D eigenvalue weighted by molar-refractivity contribution is 6.07. The second-order valence-electron chi connectivity index (χ2n) is 10.2. The summed E-state index contributed by atoms with van der Waals surface area (Å²) < 4.78 is 0. The summed E-state index contributed by atoms with van der Waals surface area (Å²) in [4.78, 5) is 54.8. The Labute approximate surface area is 227 Å². The van der Waals surface area contributed by atoms with Crippen LogP contribution >= 0.6 is 0 Å². The molecule has 1 heterocycles. The lowest BCUT2D eigenvalue weighted by Crippen LogP contribution is -2.55. The topological polar surface area (TPSA) is 173 Å². The Hall–Kier alpha value is -4.12. The molecule has 3 rings (SSSR count). The van der Waals surface area contributed by atoms with Gasteiger partial charge in [0.2, 0.25) is 11.8 Å². The van der Waals surface area contributed by atoms with E-state index in [-0.39, 0.29) is 40.0 Å². The van der Waals surface area contributed by atoms with Gasteiger partial charge in [-0.1, -0.05) is 32.0 Å². The lowest BCUT2D eigenvalue weighted by molar-refractivity contribution is -0.140. The number of aromatic hydroxyl groups is 3. The lowest BCUT2D eigenvalue weighted by atomic mass is 9.95. The van der Waals surface area contributed by atoms with Crippen molar-refractivity contribution in [2.24, 2.45) is 11.7 Å². The summed E-state index contributed by atoms with van der Waals surface area (Å²) >= 11 is 0. The molecule has 0 spiro atoms. The smallest absolute Gasteiger partial charge is 0.258 e. The van der Waals surface area contributed by atoms with Gasteiger partial charge < -0.3 is 36.2 Å². The first-order chi connectivity index (χ1) is 18.3. The Balaban J connectivity index is 1.81. The number of nitrogens with zero attached hydrogens (tertiary/aromatic N) is 2. The van der Waals surface area contributed by atoms with Gasteiger partial charge in [-0.25, -0.2) is 0 Å². The molecule has 1 aliphatic rings. The molecule has 3 amide bonds. The number of amides is 3. The number of hydrogen-bond acceptors (Lipinski definition) is 8. The highest BCUT2D eigenvalue weighted by atomic mass is 16.3. The molecule has 11 nitrogen and oxygen atoms in total. The van der Waals surface area contributed by atoms with E-state index in [2.05, 4.69) is 5.32 Å². The normalized spacial score (nSPS) is 16.6. The van der Waals surface area contributed by atoms with Gasteiger partial charge in [0.15, 0.2) is 5.78 Å². The lowest BCUT2D eigenvalue weighted by Gasteiger charge is -2.29. The van der Waals surface area contributed by atoms with Gasteiger partial charge in [0.1, 0.15) is 23.3 Å². The number of ketones is 1. The van der Waals surface area contributed by atoms with Crippen molar-refractivity contribution in [3.05, 3.63) is 42.0 Å². The number of carbonyl (C=O) groups excluding carboxylic acids is 4. The van der Waals surface area contributed by atoms with E-state index in [1.165, 1.54) is 30.1 Å². The van der Waals surface area contributed by atoms with E-state index in [1.807, 2.05) is 0 Å². The van der Waals surface area contributed by atoms with Crippen LogP contribution in [0, 0.1) is 5.92 Å². The number of carbonyl (C=O) groups is 4. The van der Waals surface area contributed by atoms with Crippen LogP contribution in [0.4, 0.5) is 0 Å². The minimum absolute atomic E-state index is 0.0776. The summed E-state index contributed by atoms with van der Waals surface area (Å²) in [6.45, 7) is 5.05. The predicted octanol–water partition coefficient (Wildman–Crippen LogP) is 1.59. The summed E-state index contributed by atoms with van der Waals surface area (Å²) in [6.07, 6.45) is 1.09. The zero-order valence-electron chi connectivity index (χ0n) is 22.5. The molecule has 2 aromatic carbocycles. The van der Waals surface area contributed by atoms with Gasteiger partial charge in [-0.2, -0.15) is 0 Å². The van der Waals surface area contributed by atoms with Crippen LogP contribution in [0.5, 0.6) is 17.2 Å². The van der Waals surface area contributed by atoms with Crippen molar-refractivity contribution >= 4 is 23.5 Å². The SMILES string of the molecule is CC(C)[C@H](NC(=O)[C@@H]1CCCN1C(=O)[C@H](C)N)C(=O)CN(C)C(=O)c1c(O)ccc(O)c1-c1ccccc1O. The Kier molecular flexibility index (Phi) is 9.18. The Morgan fingerprint density at radius 3 is 2.28 bits per heavy atom. The maximum atomic E-state index is 13.4. The number of Topliss-reactive ketones (excluding diaryl/α,β-unsaturated/α-hetero) is 1. The van der Waals surface area contributed by atoms with Crippen LogP contribution in [0.1, 0.15) is 44.0 Å². The summed E-state index contributed by atoms with van der Waals surface area (Å²) in [7, 11) is 1.36. The fraction of sp³-hybridized carbons (Fsp3) is 0.429. The second-order valence-corrected chi connectivity index (χ2v) is 10.2. The molecule has 3 atom stereocenters. The Bertz CT molecular complexity index is 1260. The molecule has 0 bridgehead atoms. The number of likely N-dealkylation sites (N-methyl/N-ethyl adjacent to an activating group) is 1. The van der Waals surface area contributed by atoms with Crippen molar-refractivity contribution in [3.8, 4) is 28.4 Å². The van der Waals surface area contributed by atoms with Gasteiger partial charge in [0, 0.05) is 24.7 Å². The highest BCUT2D eigenvalue weighted by Gasteiger charge is 2.37. The van der Waals surface area contributed by atoms with Crippen molar-refractivity contribution in [1.82, 2.24) is 15.1 Å². The average Bonchev–Trinajstić information content (AvgIpc) is 3.37. The van der Waals surface area contributed by atoms with Crippen molar-refractivity contribution in [3.63, 3.8) is 0 Å². The highest BCUT2D eigenvalue weighted by Crippen LogP contribution is 2.41. The molecular formula is C28H36N4O7. The van der Waals surface area contributed by atoms with E-state index >= 15 is 0 Å². The van der Waals surface area contributed by atoms with Crippen molar-refractivity contribution in [2.45, 2.75) is 51.7 Å². The van der Waals surface area contributed by atoms with E-state index in [9.17, 15) is 34.5 Å². The second kappa shape index (κ2) is 12.2. The number of benzene rings is 2. The Morgan fingerprint density at radius 1 is 1.03 bits per heavy atom. The first-order valence-corrected chi connectivity index (χ1v) is 12.8. The maximum absolute atomic E-state index is 13.4. The van der Waals surface area contributed by atoms with Crippen LogP contribution in [0.15, 0.2) is 36.4 Å². The maximum Gasteiger partial charge on any atom is 0.258 e. The van der Waals surface area contributed by atoms with Gasteiger partial charge in [0.05, 0.1) is 24.2 Å². The first-order valence-electron chi connectivity index (χ1n) is 12.8. The third-order valence-electron chi connectivity index (χ3n) is 6.83. The zero-order valence-corrected chi connectivity index (χ0v) is 22.5. The molecule has 6 N–H and O–H groups in total. The summed E-state index contributed by atoms with van der Waals surface area (Å²) in [5.74, 6) is -3.34. The monoisotopic (exact) mass is 540 g/mol. The van der Waals surface area contributed by atoms with E-state index in [0.29, 0.717) is 19.4 Å². The van der Waals surface area contributed by atoms with E-state index in [1.54, 1.807) is 32.9 Å². The molecular weight excluding hydrogens is 504 g/mol. The van der Waals surface area contributed by atoms with Crippen LogP contribution < -0.4 is 11.1 Å². The minimum atomic E-state index is -0.948. The van der Waals surface area contributed by atoms with Gasteiger partial charge in [-0.05, 0) is 43.9 Å². The minimum Gasteiger partial charge on any atom is -0.507 e. The van der Waals surface area contributed by atoms with Crippen LogP contribution in [-0.2, 0) is 14.4 Å². The molecule has 1 saturated heterocycles. The van der Waals surface area contributed by atoms with Crippen molar-refractivity contribution < 1.29 is 34.5 Å². The third-order valence-corrected chi connectivity index (χ3v) is 6.83. The fourth-order valence-corrected chi connectivity index (χ4v) is 4.78. The predicted molar refractivity (Wildman–Crippen MR) is 144 cm³/mol. The van der Waals surface area contributed by atoms with Gasteiger partial charge in [-0.15, -0.1) is 0 Å². The van der Waals surface area contributed by atoms with E-state index < -0.39 is 48.0 Å². The third kappa shape index (κ3) is 6.31. The molecule has 0 unspecified atom stereocenters. The number of para-hydroxylation sites is 1. The van der Waals surface area contributed by atoms with Crippen LogP contribution in [-0.4, -0.2) is 86.9 Å². The molecule has 210 valence electrons. The largest absolute Gasteiger partial charge is 0.507 e. The fourth-order valence-electron chi connectivity index (χ4n) is 4.78. The van der Waals surface area contributed by atoms with Crippen LogP contribution in [0.25, 0.3) is 11.1 Å². The number of phenols is 3. The van der Waals surface area contributed by atoms with Crippen LogP contribution in [0.2, 0.25) is 0 Å². The standard InChI is InChI=1S/C28H36N4O7/c1-15(2)25(30-26(37)18-9-7-13-32(18)27(38)16(3)29)22(36)14-31(4)28(39)24-21(35)12-11-20(34)23(24)17-8-5-6-10-19(17)33/h5-6,8,10-12,15-16,18,25,33-35H,7,9,13-14,29H2,1-4H3,(H,30,37)/t16-,18-,25-/m0/s1. The van der Waals surface area contributed by atoms with Gasteiger partial charge >= 0.3 is 0 Å². The number of phenolic OH excluding ortho intramolecular Hbond substituents is 3. The van der Waals surface area contributed by atoms with Crippen LogP contribution in [0.3, 0.4) is 0 Å². The number of rotatable bonds is 9. The molecule has 0 radical (unpaired) electrons. The number of hydrogen-bond donors (Lipinski definition) is 5. The number of nitrogens with one attached hydrogen (secondary N) is 1. The summed E-state index contributed by atoms with van der Waals surface area (Å²) in [5, 5.41) is 34.1. The summed E-state index contributed by atoms with van der Waals surface area (Å²) in [5.41, 5.74) is 5.49. The number of nitrogens with two attached hydrogens (primary N) is 1. The van der Waals surface area contributed by atoms with E-state index in [0.717, 1.165) is 11.0 Å². The Morgan fingerprint density at radius 2 is 1.67 bits per heavy atom. The quantitative estimate of drug-likeness (QED) is 0.298. The molecule has 2 aromatic rings. The molecule has 0 aliphatic carbocycles. The molecule has 0 saturated carbocycles. The van der Waals surface area contributed by atoms with Crippen molar-refractivity contribution in [2.75, 3.05) is 20.1 Å². The molecule has 1 fully saturated rings. The average molecular weight is 541 g/mol. The summed E-state index contributed by atoms with van der Waals surface area (Å²) in [6, 6.07) is 5.95. The van der Waals surface area contributed by atoms with Gasteiger partial charge in [0.25, 0.3) is 5.91 Å². The molecule has 39 heavy (non-hydrogen) atoms.